The van der Waals surface area contributed by atoms with Gasteiger partial charge in [0.25, 0.3) is 0 Å². The number of carbonyl (C=O) groups is 1. The molecule has 1 saturated carbocycles. The second-order valence-corrected chi connectivity index (χ2v) is 8.32. The van der Waals surface area contributed by atoms with E-state index in [0.717, 1.165) is 29.5 Å². The SMILES string of the molecule is Cc1ccc(C(=O)C2CCCC(S(C)(=O)=O)C2)c(C)c1. The second kappa shape index (κ2) is 5.68. The van der Waals surface area contributed by atoms with Gasteiger partial charge in [-0.25, -0.2) is 8.42 Å². The van der Waals surface area contributed by atoms with Gasteiger partial charge in [-0.1, -0.05) is 30.2 Å². The molecule has 1 aliphatic carbocycles. The van der Waals surface area contributed by atoms with E-state index in [-0.39, 0.29) is 17.0 Å². The van der Waals surface area contributed by atoms with Gasteiger partial charge in [0.1, 0.15) is 9.84 Å². The molecule has 20 heavy (non-hydrogen) atoms. The Kier molecular flexibility index (Phi) is 4.33. The Bertz CT molecular complexity index is 617. The van der Waals surface area contributed by atoms with Gasteiger partial charge in [-0.2, -0.15) is 0 Å². The molecular formula is C16H22O3S. The minimum Gasteiger partial charge on any atom is -0.294 e. The number of carbonyl (C=O) groups excluding carboxylic acids is 1. The molecule has 1 aliphatic rings. The Morgan fingerprint density at radius 2 is 1.90 bits per heavy atom. The van der Waals surface area contributed by atoms with Crippen LogP contribution in [0.25, 0.3) is 0 Å². The smallest absolute Gasteiger partial charge is 0.166 e. The van der Waals surface area contributed by atoms with E-state index in [1.165, 1.54) is 6.26 Å². The molecule has 0 bridgehead atoms. The third-order valence-electron chi connectivity index (χ3n) is 4.25. The van der Waals surface area contributed by atoms with Crippen LogP contribution in [-0.2, 0) is 9.84 Å². The number of ketones is 1. The largest absolute Gasteiger partial charge is 0.294 e. The van der Waals surface area contributed by atoms with Crippen LogP contribution >= 0.6 is 0 Å². The number of rotatable bonds is 3. The van der Waals surface area contributed by atoms with Crippen LogP contribution in [-0.4, -0.2) is 25.7 Å². The summed E-state index contributed by atoms with van der Waals surface area (Å²) in [7, 11) is -3.04. The zero-order chi connectivity index (χ0) is 14.9. The van der Waals surface area contributed by atoms with Crippen molar-refractivity contribution in [2.24, 2.45) is 5.92 Å². The Hall–Kier alpha value is -1.16. The van der Waals surface area contributed by atoms with Crippen LogP contribution < -0.4 is 0 Å². The molecule has 3 nitrogen and oxygen atoms in total. The third kappa shape index (κ3) is 3.29. The van der Waals surface area contributed by atoms with Crippen LogP contribution in [0, 0.1) is 19.8 Å². The molecule has 0 N–H and O–H groups in total. The summed E-state index contributed by atoms with van der Waals surface area (Å²) in [5.41, 5.74) is 2.86. The van der Waals surface area contributed by atoms with Gasteiger partial charge in [0.15, 0.2) is 5.78 Å². The number of hydrogen-bond acceptors (Lipinski definition) is 3. The number of benzene rings is 1. The van der Waals surface area contributed by atoms with Crippen LogP contribution in [0.4, 0.5) is 0 Å². The van der Waals surface area contributed by atoms with Gasteiger partial charge >= 0.3 is 0 Å². The zero-order valence-corrected chi connectivity index (χ0v) is 13.2. The molecule has 0 amide bonds. The summed E-state index contributed by atoms with van der Waals surface area (Å²) in [6.07, 6.45) is 4.07. The van der Waals surface area contributed by atoms with E-state index in [0.29, 0.717) is 12.8 Å². The summed E-state index contributed by atoms with van der Waals surface area (Å²) in [4.78, 5) is 12.6. The molecule has 0 saturated heterocycles. The number of hydrogen-bond donors (Lipinski definition) is 0. The molecule has 0 radical (unpaired) electrons. The lowest BCUT2D eigenvalue weighted by atomic mass is 9.82. The van der Waals surface area contributed by atoms with Gasteiger partial charge < -0.3 is 0 Å². The minimum atomic E-state index is -3.04. The van der Waals surface area contributed by atoms with Crippen molar-refractivity contribution in [3.8, 4) is 0 Å². The first-order valence-electron chi connectivity index (χ1n) is 7.09. The van der Waals surface area contributed by atoms with Gasteiger partial charge in [0.05, 0.1) is 5.25 Å². The maximum absolute atomic E-state index is 12.6. The molecule has 2 rings (SSSR count). The molecule has 1 aromatic rings. The quantitative estimate of drug-likeness (QED) is 0.805. The molecule has 110 valence electrons. The van der Waals surface area contributed by atoms with Gasteiger partial charge in [-0.15, -0.1) is 0 Å². The van der Waals surface area contributed by atoms with Crippen molar-refractivity contribution in [1.82, 2.24) is 0 Å². The van der Waals surface area contributed by atoms with Crippen molar-refractivity contribution in [1.29, 1.82) is 0 Å². The molecule has 1 aromatic carbocycles. The molecule has 2 atom stereocenters. The monoisotopic (exact) mass is 294 g/mol. The van der Waals surface area contributed by atoms with Gasteiger partial charge in [-0.05, 0) is 38.7 Å². The highest BCUT2D eigenvalue weighted by atomic mass is 32.2. The topological polar surface area (TPSA) is 51.2 Å². The standard InChI is InChI=1S/C16H22O3S/c1-11-7-8-15(12(2)9-11)16(17)13-5-4-6-14(10-13)20(3,18)19/h7-9,13-14H,4-6,10H2,1-3H3. The van der Waals surface area contributed by atoms with Gasteiger partial charge in [0.2, 0.25) is 0 Å². The first kappa shape index (κ1) is 15.2. The Morgan fingerprint density at radius 3 is 2.50 bits per heavy atom. The van der Waals surface area contributed by atoms with Gasteiger partial charge in [-0.3, -0.25) is 4.79 Å². The van der Waals surface area contributed by atoms with Crippen molar-refractivity contribution >= 4 is 15.6 Å². The number of aryl methyl sites for hydroxylation is 2. The maximum Gasteiger partial charge on any atom is 0.166 e. The predicted molar refractivity (Wildman–Crippen MR) is 80.8 cm³/mol. The van der Waals surface area contributed by atoms with Crippen LogP contribution in [0.1, 0.15) is 47.2 Å². The van der Waals surface area contributed by atoms with E-state index < -0.39 is 9.84 Å². The lowest BCUT2D eigenvalue weighted by Crippen LogP contribution is -2.31. The fourth-order valence-corrected chi connectivity index (χ4v) is 4.26. The summed E-state index contributed by atoms with van der Waals surface area (Å²) in [6, 6.07) is 5.82. The molecule has 0 spiro atoms. The van der Waals surface area contributed by atoms with Crippen molar-refractivity contribution in [3.05, 3.63) is 34.9 Å². The second-order valence-electron chi connectivity index (χ2n) is 6.00. The summed E-state index contributed by atoms with van der Waals surface area (Å²) in [6.45, 7) is 3.94. The van der Waals surface area contributed by atoms with E-state index in [1.54, 1.807) is 0 Å². The van der Waals surface area contributed by atoms with E-state index in [9.17, 15) is 13.2 Å². The first-order chi connectivity index (χ1) is 9.29. The molecule has 1 fully saturated rings. The van der Waals surface area contributed by atoms with Crippen LogP contribution in [0.2, 0.25) is 0 Å². The van der Waals surface area contributed by atoms with E-state index in [4.69, 9.17) is 0 Å². The van der Waals surface area contributed by atoms with Crippen molar-refractivity contribution < 1.29 is 13.2 Å². The molecule has 2 unspecified atom stereocenters. The Labute approximate surface area is 121 Å². The lowest BCUT2D eigenvalue weighted by Gasteiger charge is -2.27. The Balaban J connectivity index is 2.21. The molecule has 4 heteroatoms. The highest BCUT2D eigenvalue weighted by Crippen LogP contribution is 2.31. The average molecular weight is 294 g/mol. The maximum atomic E-state index is 12.6. The fraction of sp³-hybridized carbons (Fsp3) is 0.562. The zero-order valence-electron chi connectivity index (χ0n) is 12.3. The van der Waals surface area contributed by atoms with Crippen molar-refractivity contribution in [2.45, 2.75) is 44.8 Å². The fourth-order valence-electron chi connectivity index (χ4n) is 3.08. The predicted octanol–water partition coefficient (Wildman–Crippen LogP) is 3.09. The third-order valence-corrected chi connectivity index (χ3v) is 5.89. The highest BCUT2D eigenvalue weighted by Gasteiger charge is 2.33. The van der Waals surface area contributed by atoms with Crippen molar-refractivity contribution in [2.75, 3.05) is 6.26 Å². The van der Waals surface area contributed by atoms with E-state index in [2.05, 4.69) is 0 Å². The van der Waals surface area contributed by atoms with Gasteiger partial charge in [0, 0.05) is 17.7 Å². The number of Topliss-reactive ketones (excluding diaryl/α,β-unsaturated/α-hetero) is 1. The normalized spacial score (nSPS) is 23.6. The molecular weight excluding hydrogens is 272 g/mol. The molecule has 0 aliphatic heterocycles. The van der Waals surface area contributed by atoms with Crippen molar-refractivity contribution in [3.63, 3.8) is 0 Å². The first-order valence-corrected chi connectivity index (χ1v) is 9.05. The summed E-state index contributed by atoms with van der Waals surface area (Å²) < 4.78 is 23.4. The highest BCUT2D eigenvalue weighted by molar-refractivity contribution is 7.91. The average Bonchev–Trinajstić information content (AvgIpc) is 2.37. The van der Waals surface area contributed by atoms with E-state index >= 15 is 0 Å². The van der Waals surface area contributed by atoms with Crippen LogP contribution in [0.5, 0.6) is 0 Å². The van der Waals surface area contributed by atoms with E-state index in [1.807, 2.05) is 32.0 Å². The minimum absolute atomic E-state index is 0.107. The Morgan fingerprint density at radius 1 is 1.20 bits per heavy atom. The summed E-state index contributed by atoms with van der Waals surface area (Å²) >= 11 is 0. The lowest BCUT2D eigenvalue weighted by molar-refractivity contribution is 0.0890. The number of sulfone groups is 1. The summed E-state index contributed by atoms with van der Waals surface area (Å²) in [5, 5.41) is -0.351. The van der Waals surface area contributed by atoms with Crippen LogP contribution in [0.15, 0.2) is 18.2 Å². The summed E-state index contributed by atoms with van der Waals surface area (Å²) in [5.74, 6) is -0.0410. The molecule has 0 heterocycles. The molecule has 0 aromatic heterocycles. The van der Waals surface area contributed by atoms with Crippen LogP contribution in [0.3, 0.4) is 0 Å².